The fourth-order valence-electron chi connectivity index (χ4n) is 4.95. The van der Waals surface area contributed by atoms with E-state index in [2.05, 4.69) is 47.1 Å². The molecule has 2 aromatic carbocycles. The summed E-state index contributed by atoms with van der Waals surface area (Å²) in [5.41, 5.74) is 2.30. The zero-order valence-corrected chi connectivity index (χ0v) is 18.0. The molecule has 0 spiro atoms. The van der Waals surface area contributed by atoms with Crippen molar-refractivity contribution >= 4 is 11.6 Å². The lowest BCUT2D eigenvalue weighted by Crippen LogP contribution is -3.19. The summed E-state index contributed by atoms with van der Waals surface area (Å²) >= 11 is 0. The Morgan fingerprint density at radius 1 is 1.00 bits per heavy atom. The van der Waals surface area contributed by atoms with Crippen molar-refractivity contribution in [3.05, 3.63) is 60.2 Å². The molecule has 0 aromatic heterocycles. The highest BCUT2D eigenvalue weighted by molar-refractivity contribution is 5.80. The van der Waals surface area contributed by atoms with Crippen LogP contribution in [0.1, 0.15) is 25.3 Å². The molecule has 160 valence electrons. The summed E-state index contributed by atoms with van der Waals surface area (Å²) in [6, 6.07) is 18.2. The van der Waals surface area contributed by atoms with Gasteiger partial charge >= 0.3 is 0 Å². The van der Waals surface area contributed by atoms with E-state index in [9.17, 15) is 9.90 Å². The number of amides is 1. The number of phenols is 1. The summed E-state index contributed by atoms with van der Waals surface area (Å²) in [5.74, 6) is 1.32. The van der Waals surface area contributed by atoms with Crippen LogP contribution in [0.3, 0.4) is 0 Å². The summed E-state index contributed by atoms with van der Waals surface area (Å²) in [6.07, 6.45) is 3.32. The van der Waals surface area contributed by atoms with Gasteiger partial charge in [0.05, 0.1) is 31.9 Å². The molecule has 1 atom stereocenters. The van der Waals surface area contributed by atoms with Gasteiger partial charge in [-0.15, -0.1) is 0 Å². The predicted octanol–water partition coefficient (Wildman–Crippen LogP) is 1.97. The van der Waals surface area contributed by atoms with Gasteiger partial charge in [-0.05, 0) is 49.8 Å². The fourth-order valence-corrected chi connectivity index (χ4v) is 4.95. The Kier molecular flexibility index (Phi) is 6.58. The molecule has 2 saturated heterocycles. The number of quaternary nitrogens is 1. The van der Waals surface area contributed by atoms with Crippen molar-refractivity contribution in [1.29, 1.82) is 0 Å². The number of carbonyl (C=O) groups excluding carboxylic acids is 1. The number of rotatable bonds is 5. The smallest absolute Gasteiger partial charge is 0.280 e. The van der Waals surface area contributed by atoms with Crippen LogP contribution in [0, 0.1) is 5.92 Å². The van der Waals surface area contributed by atoms with Crippen molar-refractivity contribution in [2.45, 2.75) is 32.2 Å². The first-order chi connectivity index (χ1) is 14.6. The Bertz CT molecular complexity index is 825. The topological polar surface area (TPSA) is 48.2 Å². The van der Waals surface area contributed by atoms with E-state index in [1.54, 1.807) is 6.07 Å². The van der Waals surface area contributed by atoms with Crippen LogP contribution in [-0.4, -0.2) is 61.2 Å². The van der Waals surface area contributed by atoms with E-state index in [1.807, 2.05) is 18.2 Å². The van der Waals surface area contributed by atoms with E-state index in [-0.39, 0.29) is 6.04 Å². The molecule has 0 aliphatic carbocycles. The summed E-state index contributed by atoms with van der Waals surface area (Å²) in [6.45, 7) is 7.43. The van der Waals surface area contributed by atoms with Crippen LogP contribution < -0.4 is 9.80 Å². The van der Waals surface area contributed by atoms with Gasteiger partial charge in [0, 0.05) is 13.1 Å². The Balaban J connectivity index is 1.25. The van der Waals surface area contributed by atoms with Crippen LogP contribution in [-0.2, 0) is 11.2 Å². The summed E-state index contributed by atoms with van der Waals surface area (Å²) in [5, 5.41) is 10.1. The number of benzene rings is 2. The van der Waals surface area contributed by atoms with Gasteiger partial charge < -0.3 is 19.8 Å². The van der Waals surface area contributed by atoms with Crippen LogP contribution in [0.2, 0.25) is 0 Å². The molecular formula is C25H34N3O2+. The predicted molar refractivity (Wildman–Crippen MR) is 120 cm³/mol. The molecule has 0 bridgehead atoms. The SMILES string of the molecule is C[C@H](C(=O)N1CCC(Cc2ccccc2)CC1)[NH+]1CCN(c2ccccc2O)CC1. The van der Waals surface area contributed by atoms with Crippen molar-refractivity contribution in [3.8, 4) is 5.75 Å². The van der Waals surface area contributed by atoms with E-state index < -0.39 is 0 Å². The minimum atomic E-state index is 0.00203. The molecule has 5 heteroatoms. The van der Waals surface area contributed by atoms with E-state index in [4.69, 9.17) is 0 Å². The van der Waals surface area contributed by atoms with Crippen LogP contribution in [0.4, 0.5) is 5.69 Å². The molecule has 2 heterocycles. The molecule has 2 aliphatic heterocycles. The lowest BCUT2D eigenvalue weighted by Gasteiger charge is -2.39. The van der Waals surface area contributed by atoms with Crippen molar-refractivity contribution < 1.29 is 14.8 Å². The number of hydrogen-bond donors (Lipinski definition) is 2. The van der Waals surface area contributed by atoms with Gasteiger partial charge in [-0.2, -0.15) is 0 Å². The van der Waals surface area contributed by atoms with Crippen LogP contribution >= 0.6 is 0 Å². The monoisotopic (exact) mass is 408 g/mol. The fraction of sp³-hybridized carbons (Fsp3) is 0.480. The molecule has 0 unspecified atom stereocenters. The van der Waals surface area contributed by atoms with Crippen molar-refractivity contribution in [3.63, 3.8) is 0 Å². The number of carbonyl (C=O) groups is 1. The lowest BCUT2D eigenvalue weighted by molar-refractivity contribution is -0.915. The molecule has 1 amide bonds. The normalized spacial score (nSPS) is 19.6. The minimum absolute atomic E-state index is 0.00203. The van der Waals surface area contributed by atoms with Gasteiger partial charge in [0.2, 0.25) is 0 Å². The summed E-state index contributed by atoms with van der Waals surface area (Å²) in [7, 11) is 0. The highest BCUT2D eigenvalue weighted by atomic mass is 16.3. The van der Waals surface area contributed by atoms with E-state index >= 15 is 0 Å². The Hall–Kier alpha value is -2.53. The number of anilines is 1. The number of nitrogens with one attached hydrogen (secondary N) is 1. The molecular weight excluding hydrogens is 374 g/mol. The Labute approximate surface area is 179 Å². The third-order valence-electron chi connectivity index (χ3n) is 6.90. The average molecular weight is 409 g/mol. The summed E-state index contributed by atoms with van der Waals surface area (Å²) < 4.78 is 0. The maximum absolute atomic E-state index is 13.1. The standard InChI is InChI=1S/C25H33N3O2/c1-20(26-15-17-27(18-16-26)23-9-5-6-10-24(23)29)25(30)28-13-11-22(12-14-28)19-21-7-3-2-4-8-21/h2-10,20,22,29H,11-19H2,1H3/p+1/t20-/m1/s1. The molecule has 2 aromatic rings. The number of phenolic OH excluding ortho intramolecular Hbond substituents is 1. The van der Waals surface area contributed by atoms with E-state index in [1.165, 1.54) is 10.5 Å². The van der Waals surface area contributed by atoms with E-state index in [0.717, 1.165) is 64.2 Å². The third kappa shape index (κ3) is 4.78. The number of nitrogens with zero attached hydrogens (tertiary/aromatic N) is 2. The van der Waals surface area contributed by atoms with Crippen molar-refractivity contribution in [2.24, 2.45) is 5.92 Å². The number of piperidine rings is 1. The van der Waals surface area contributed by atoms with Gasteiger partial charge in [0.25, 0.3) is 5.91 Å². The maximum Gasteiger partial charge on any atom is 0.280 e. The van der Waals surface area contributed by atoms with Gasteiger partial charge in [0.15, 0.2) is 6.04 Å². The molecule has 4 rings (SSSR count). The number of aromatic hydroxyl groups is 1. The van der Waals surface area contributed by atoms with Gasteiger partial charge in [-0.1, -0.05) is 42.5 Å². The molecule has 0 saturated carbocycles. The highest BCUT2D eigenvalue weighted by Gasteiger charge is 2.34. The Morgan fingerprint density at radius 3 is 2.30 bits per heavy atom. The average Bonchev–Trinajstić information content (AvgIpc) is 2.80. The number of para-hydroxylation sites is 2. The third-order valence-corrected chi connectivity index (χ3v) is 6.90. The quantitative estimate of drug-likeness (QED) is 0.795. The molecule has 5 nitrogen and oxygen atoms in total. The first-order valence-corrected chi connectivity index (χ1v) is 11.3. The second-order valence-corrected chi connectivity index (χ2v) is 8.81. The first kappa shape index (κ1) is 20.7. The molecule has 2 aliphatic rings. The highest BCUT2D eigenvalue weighted by Crippen LogP contribution is 2.26. The number of piperazine rings is 1. The zero-order valence-electron chi connectivity index (χ0n) is 18.0. The maximum atomic E-state index is 13.1. The first-order valence-electron chi connectivity index (χ1n) is 11.3. The van der Waals surface area contributed by atoms with Gasteiger partial charge in [0.1, 0.15) is 5.75 Å². The number of likely N-dealkylation sites (tertiary alicyclic amines) is 1. The lowest BCUT2D eigenvalue weighted by atomic mass is 9.90. The second-order valence-electron chi connectivity index (χ2n) is 8.81. The van der Waals surface area contributed by atoms with Crippen LogP contribution in [0.5, 0.6) is 5.75 Å². The summed E-state index contributed by atoms with van der Waals surface area (Å²) in [4.78, 5) is 18.8. The second kappa shape index (κ2) is 9.52. The van der Waals surface area contributed by atoms with E-state index in [0.29, 0.717) is 17.6 Å². The number of hydrogen-bond acceptors (Lipinski definition) is 3. The molecule has 30 heavy (non-hydrogen) atoms. The Morgan fingerprint density at radius 2 is 1.63 bits per heavy atom. The molecule has 2 fully saturated rings. The largest absolute Gasteiger partial charge is 0.506 e. The van der Waals surface area contributed by atoms with Crippen molar-refractivity contribution in [1.82, 2.24) is 4.90 Å². The molecule has 0 radical (unpaired) electrons. The van der Waals surface area contributed by atoms with Crippen LogP contribution in [0.25, 0.3) is 0 Å². The molecule has 2 N–H and O–H groups in total. The van der Waals surface area contributed by atoms with Gasteiger partial charge in [-0.3, -0.25) is 4.79 Å². The zero-order chi connectivity index (χ0) is 20.9. The van der Waals surface area contributed by atoms with Gasteiger partial charge in [-0.25, -0.2) is 0 Å². The minimum Gasteiger partial charge on any atom is -0.506 e. The van der Waals surface area contributed by atoms with Crippen molar-refractivity contribution in [2.75, 3.05) is 44.2 Å². The van der Waals surface area contributed by atoms with Crippen LogP contribution in [0.15, 0.2) is 54.6 Å².